The molecular weight excluding hydrogens is 234 g/mol. The van der Waals surface area contributed by atoms with E-state index in [0.717, 1.165) is 26.1 Å². The van der Waals surface area contributed by atoms with Crippen LogP contribution in [0.4, 0.5) is 0 Å². The Kier molecular flexibility index (Phi) is 6.07. The first-order valence-corrected chi connectivity index (χ1v) is 6.47. The third kappa shape index (κ3) is 5.46. The van der Waals surface area contributed by atoms with Gasteiger partial charge in [0, 0.05) is 25.6 Å². The molecule has 6 nitrogen and oxygen atoms in total. The van der Waals surface area contributed by atoms with Gasteiger partial charge in [-0.05, 0) is 25.3 Å². The summed E-state index contributed by atoms with van der Waals surface area (Å²) in [5.74, 6) is -0.774. The molecule has 0 spiro atoms. The second-order valence-electron chi connectivity index (χ2n) is 4.95. The van der Waals surface area contributed by atoms with Crippen molar-refractivity contribution in [2.75, 3.05) is 26.2 Å². The minimum Gasteiger partial charge on any atom is -0.481 e. The standard InChI is InChI=1S/C12H23N3O3/c1-2-14-10-5-9(3-4-12(17)18)6-15(7-10)8-11(13)16/h9-10,14H,2-8H2,1H3,(H2,13,16)(H,17,18). The van der Waals surface area contributed by atoms with Crippen molar-refractivity contribution >= 4 is 11.9 Å². The van der Waals surface area contributed by atoms with Crippen LogP contribution in [-0.2, 0) is 9.59 Å². The quantitative estimate of drug-likeness (QED) is 0.578. The lowest BCUT2D eigenvalue weighted by atomic mass is 9.90. The van der Waals surface area contributed by atoms with Crippen LogP contribution in [0.25, 0.3) is 0 Å². The zero-order chi connectivity index (χ0) is 13.5. The number of carbonyl (C=O) groups is 2. The largest absolute Gasteiger partial charge is 0.481 e. The van der Waals surface area contributed by atoms with Gasteiger partial charge < -0.3 is 16.2 Å². The number of carboxylic acids is 1. The van der Waals surface area contributed by atoms with E-state index >= 15 is 0 Å². The van der Waals surface area contributed by atoms with Crippen molar-refractivity contribution in [3.63, 3.8) is 0 Å². The molecule has 1 fully saturated rings. The number of carbonyl (C=O) groups excluding carboxylic acids is 1. The highest BCUT2D eigenvalue weighted by Gasteiger charge is 2.27. The zero-order valence-electron chi connectivity index (χ0n) is 10.9. The molecule has 1 amide bonds. The number of hydrogen-bond donors (Lipinski definition) is 3. The predicted octanol–water partition coefficient (Wildman–Crippen LogP) is -0.363. The minimum absolute atomic E-state index is 0.188. The first kappa shape index (κ1) is 14.9. The van der Waals surface area contributed by atoms with E-state index in [4.69, 9.17) is 10.8 Å². The Balaban J connectivity index is 2.50. The lowest BCUT2D eigenvalue weighted by Gasteiger charge is -2.37. The van der Waals surface area contributed by atoms with Crippen LogP contribution in [0, 0.1) is 5.92 Å². The maximum atomic E-state index is 11.0. The van der Waals surface area contributed by atoms with Crippen molar-refractivity contribution in [1.29, 1.82) is 0 Å². The third-order valence-electron chi connectivity index (χ3n) is 3.25. The summed E-state index contributed by atoms with van der Waals surface area (Å²) in [6.45, 7) is 4.74. The molecule has 2 atom stereocenters. The number of carboxylic acid groups (broad SMARTS) is 1. The fraction of sp³-hybridized carbons (Fsp3) is 0.833. The van der Waals surface area contributed by atoms with Crippen LogP contribution >= 0.6 is 0 Å². The smallest absolute Gasteiger partial charge is 0.303 e. The number of hydrogen-bond acceptors (Lipinski definition) is 4. The lowest BCUT2D eigenvalue weighted by molar-refractivity contribution is -0.137. The van der Waals surface area contributed by atoms with Gasteiger partial charge in [0.15, 0.2) is 0 Å². The molecular formula is C12H23N3O3. The number of likely N-dealkylation sites (N-methyl/N-ethyl adjacent to an activating group) is 1. The summed E-state index contributed by atoms with van der Waals surface area (Å²) < 4.78 is 0. The highest BCUT2D eigenvalue weighted by molar-refractivity contribution is 5.75. The first-order valence-electron chi connectivity index (χ1n) is 6.47. The number of nitrogens with one attached hydrogen (secondary N) is 1. The molecule has 2 unspecified atom stereocenters. The molecule has 6 heteroatoms. The van der Waals surface area contributed by atoms with E-state index in [1.54, 1.807) is 0 Å². The number of piperidine rings is 1. The fourth-order valence-electron chi connectivity index (χ4n) is 2.63. The SMILES string of the molecule is CCNC1CC(CCC(=O)O)CN(CC(N)=O)C1. The van der Waals surface area contributed by atoms with Gasteiger partial charge in [-0.2, -0.15) is 0 Å². The Hall–Kier alpha value is -1.14. The van der Waals surface area contributed by atoms with Crippen LogP contribution in [-0.4, -0.2) is 54.1 Å². The van der Waals surface area contributed by atoms with E-state index in [1.165, 1.54) is 0 Å². The topological polar surface area (TPSA) is 95.7 Å². The van der Waals surface area contributed by atoms with Gasteiger partial charge in [-0.15, -0.1) is 0 Å². The normalized spacial score (nSPS) is 24.9. The number of rotatable bonds is 7. The minimum atomic E-state index is -0.762. The summed E-state index contributed by atoms with van der Waals surface area (Å²) in [5, 5.41) is 12.1. The summed E-state index contributed by atoms with van der Waals surface area (Å²) in [6, 6.07) is 0.321. The molecule has 0 aliphatic carbocycles. The van der Waals surface area contributed by atoms with Crippen LogP contribution in [0.3, 0.4) is 0 Å². The van der Waals surface area contributed by atoms with Gasteiger partial charge in [0.25, 0.3) is 0 Å². The number of aliphatic carboxylic acids is 1. The lowest BCUT2D eigenvalue weighted by Crippen LogP contribution is -2.51. The van der Waals surface area contributed by atoms with Gasteiger partial charge in [-0.25, -0.2) is 0 Å². The molecule has 0 radical (unpaired) electrons. The van der Waals surface area contributed by atoms with Gasteiger partial charge in [0.1, 0.15) is 0 Å². The molecule has 0 bridgehead atoms. The Morgan fingerprint density at radius 1 is 1.44 bits per heavy atom. The van der Waals surface area contributed by atoms with Crippen molar-refractivity contribution in [3.8, 4) is 0 Å². The average Bonchev–Trinajstić information content (AvgIpc) is 2.25. The van der Waals surface area contributed by atoms with E-state index in [0.29, 0.717) is 18.4 Å². The van der Waals surface area contributed by atoms with E-state index in [2.05, 4.69) is 5.32 Å². The summed E-state index contributed by atoms with van der Waals surface area (Å²) >= 11 is 0. The molecule has 1 rings (SSSR count). The van der Waals surface area contributed by atoms with Crippen molar-refractivity contribution in [2.24, 2.45) is 11.7 Å². The second-order valence-corrected chi connectivity index (χ2v) is 4.95. The van der Waals surface area contributed by atoms with Gasteiger partial charge >= 0.3 is 5.97 Å². The first-order chi connectivity index (χ1) is 8.51. The van der Waals surface area contributed by atoms with Gasteiger partial charge in [0.05, 0.1) is 6.54 Å². The van der Waals surface area contributed by atoms with E-state index < -0.39 is 5.97 Å². The van der Waals surface area contributed by atoms with Crippen molar-refractivity contribution in [3.05, 3.63) is 0 Å². The van der Waals surface area contributed by atoms with Crippen LogP contribution in [0.5, 0.6) is 0 Å². The molecule has 1 heterocycles. The van der Waals surface area contributed by atoms with Crippen LogP contribution in [0.1, 0.15) is 26.2 Å². The highest BCUT2D eigenvalue weighted by Crippen LogP contribution is 2.21. The molecule has 18 heavy (non-hydrogen) atoms. The number of amides is 1. The van der Waals surface area contributed by atoms with E-state index in [9.17, 15) is 9.59 Å². The van der Waals surface area contributed by atoms with Gasteiger partial charge in [-0.3, -0.25) is 14.5 Å². The summed E-state index contributed by atoms with van der Waals surface area (Å²) in [6.07, 6.45) is 1.82. The van der Waals surface area contributed by atoms with Crippen LogP contribution in [0.15, 0.2) is 0 Å². The number of nitrogens with two attached hydrogens (primary N) is 1. The average molecular weight is 257 g/mol. The Morgan fingerprint density at radius 3 is 2.72 bits per heavy atom. The second kappa shape index (κ2) is 7.33. The molecule has 104 valence electrons. The fourth-order valence-corrected chi connectivity index (χ4v) is 2.63. The molecule has 1 aliphatic heterocycles. The third-order valence-corrected chi connectivity index (χ3v) is 3.25. The van der Waals surface area contributed by atoms with Crippen molar-refractivity contribution in [1.82, 2.24) is 10.2 Å². The maximum Gasteiger partial charge on any atom is 0.303 e. The summed E-state index contributed by atoms with van der Waals surface area (Å²) in [5.41, 5.74) is 5.22. The van der Waals surface area contributed by atoms with Crippen molar-refractivity contribution < 1.29 is 14.7 Å². The monoisotopic (exact) mass is 257 g/mol. The number of likely N-dealkylation sites (tertiary alicyclic amines) is 1. The predicted molar refractivity (Wildman–Crippen MR) is 68.1 cm³/mol. The number of primary amides is 1. The summed E-state index contributed by atoms with van der Waals surface area (Å²) in [7, 11) is 0. The molecule has 0 aromatic rings. The molecule has 1 saturated heterocycles. The molecule has 0 aromatic carbocycles. The van der Waals surface area contributed by atoms with E-state index in [-0.39, 0.29) is 18.9 Å². The summed E-state index contributed by atoms with van der Waals surface area (Å²) in [4.78, 5) is 23.6. The zero-order valence-corrected chi connectivity index (χ0v) is 10.9. The van der Waals surface area contributed by atoms with Crippen LogP contribution in [0.2, 0.25) is 0 Å². The molecule has 0 aromatic heterocycles. The maximum absolute atomic E-state index is 11.0. The number of nitrogens with zero attached hydrogens (tertiary/aromatic N) is 1. The van der Waals surface area contributed by atoms with Gasteiger partial charge in [0.2, 0.25) is 5.91 Å². The van der Waals surface area contributed by atoms with Gasteiger partial charge in [-0.1, -0.05) is 6.92 Å². The Morgan fingerprint density at radius 2 is 2.17 bits per heavy atom. The molecule has 0 saturated carbocycles. The molecule has 1 aliphatic rings. The Bertz CT molecular complexity index is 296. The Labute approximate surface area is 108 Å². The highest BCUT2D eigenvalue weighted by atomic mass is 16.4. The van der Waals surface area contributed by atoms with Crippen LogP contribution < -0.4 is 11.1 Å². The van der Waals surface area contributed by atoms with E-state index in [1.807, 2.05) is 11.8 Å². The molecule has 4 N–H and O–H groups in total. The van der Waals surface area contributed by atoms with Crippen molar-refractivity contribution in [2.45, 2.75) is 32.2 Å².